The maximum atomic E-state index is 6.36. The number of likely N-dealkylation sites (N-methyl/N-ethyl adjacent to an activating group) is 1. The third kappa shape index (κ3) is 3.37. The second-order valence-electron chi connectivity index (χ2n) is 8.02. The van der Waals surface area contributed by atoms with Crippen molar-refractivity contribution < 1.29 is 4.74 Å². The van der Waals surface area contributed by atoms with E-state index in [-0.39, 0.29) is 11.2 Å². The Labute approximate surface area is 125 Å². The highest BCUT2D eigenvalue weighted by Gasteiger charge is 2.53. The van der Waals surface area contributed by atoms with Gasteiger partial charge in [-0.3, -0.25) is 0 Å². The van der Waals surface area contributed by atoms with Crippen molar-refractivity contribution >= 4 is 0 Å². The maximum Gasteiger partial charge on any atom is 0.0790 e. The van der Waals surface area contributed by atoms with Crippen LogP contribution in [0.1, 0.15) is 53.9 Å². The van der Waals surface area contributed by atoms with Gasteiger partial charge in [-0.25, -0.2) is 0 Å². The van der Waals surface area contributed by atoms with Crippen molar-refractivity contribution in [3.05, 3.63) is 0 Å². The molecule has 2 fully saturated rings. The van der Waals surface area contributed by atoms with Gasteiger partial charge >= 0.3 is 0 Å². The summed E-state index contributed by atoms with van der Waals surface area (Å²) in [6.07, 6.45) is 4.09. The Morgan fingerprint density at radius 1 is 1.10 bits per heavy atom. The first kappa shape index (κ1) is 16.3. The lowest BCUT2D eigenvalue weighted by Crippen LogP contribution is -2.49. The molecule has 3 nitrogen and oxygen atoms in total. The monoisotopic (exact) mass is 282 g/mol. The van der Waals surface area contributed by atoms with E-state index in [9.17, 15) is 0 Å². The molecule has 0 aromatic rings. The van der Waals surface area contributed by atoms with Crippen LogP contribution in [0.2, 0.25) is 0 Å². The van der Waals surface area contributed by atoms with Gasteiger partial charge in [0.2, 0.25) is 0 Å². The molecule has 2 rings (SSSR count). The Morgan fingerprint density at radius 2 is 1.80 bits per heavy atom. The van der Waals surface area contributed by atoms with Gasteiger partial charge in [0.05, 0.1) is 11.2 Å². The zero-order valence-corrected chi connectivity index (χ0v) is 14.3. The summed E-state index contributed by atoms with van der Waals surface area (Å²) in [7, 11) is 2.08. The van der Waals surface area contributed by atoms with E-state index in [1.807, 2.05) is 0 Å². The zero-order chi connectivity index (χ0) is 15.0. The molecule has 0 aromatic carbocycles. The van der Waals surface area contributed by atoms with Crippen molar-refractivity contribution in [2.24, 2.45) is 11.8 Å². The fraction of sp³-hybridized carbons (Fsp3) is 1.00. The van der Waals surface area contributed by atoms with Gasteiger partial charge in [-0.15, -0.1) is 0 Å². The molecule has 20 heavy (non-hydrogen) atoms. The molecule has 118 valence electrons. The molecule has 1 N–H and O–H groups in total. The first-order valence-electron chi connectivity index (χ1n) is 8.36. The average molecular weight is 282 g/mol. The first-order valence-corrected chi connectivity index (χ1v) is 8.36. The molecule has 0 bridgehead atoms. The minimum Gasteiger partial charge on any atom is -0.368 e. The normalized spacial score (nSPS) is 37.8. The number of nitrogens with zero attached hydrogens (tertiary/aromatic N) is 1. The summed E-state index contributed by atoms with van der Waals surface area (Å²) in [6.45, 7) is 15.0. The molecule has 3 unspecified atom stereocenters. The van der Waals surface area contributed by atoms with E-state index in [1.165, 1.54) is 32.4 Å². The van der Waals surface area contributed by atoms with Crippen LogP contribution in [0, 0.1) is 11.8 Å². The van der Waals surface area contributed by atoms with Crippen molar-refractivity contribution in [3.8, 4) is 0 Å². The van der Waals surface area contributed by atoms with E-state index < -0.39 is 0 Å². The highest BCUT2D eigenvalue weighted by Crippen LogP contribution is 2.42. The van der Waals surface area contributed by atoms with Crippen LogP contribution in [0.15, 0.2) is 0 Å². The number of likely N-dealkylation sites (tertiary alicyclic amines) is 1. The number of hydrogen-bond donors (Lipinski definition) is 1. The molecule has 0 saturated carbocycles. The van der Waals surface area contributed by atoms with Gasteiger partial charge in [0.1, 0.15) is 0 Å². The number of hydrogen-bond acceptors (Lipinski definition) is 3. The molecule has 0 spiro atoms. The van der Waals surface area contributed by atoms with E-state index in [4.69, 9.17) is 4.74 Å². The summed E-state index contributed by atoms with van der Waals surface area (Å²) in [4.78, 5) is 2.67. The molecule has 2 aliphatic heterocycles. The van der Waals surface area contributed by atoms with Crippen molar-refractivity contribution in [2.45, 2.75) is 71.1 Å². The molecule has 0 radical (unpaired) electrons. The lowest BCUT2D eigenvalue weighted by molar-refractivity contribution is -0.0793. The van der Waals surface area contributed by atoms with Gasteiger partial charge in [-0.1, -0.05) is 6.92 Å². The third-order valence-corrected chi connectivity index (χ3v) is 5.45. The quantitative estimate of drug-likeness (QED) is 0.861. The van der Waals surface area contributed by atoms with Crippen molar-refractivity contribution in [2.75, 3.05) is 26.7 Å². The summed E-state index contributed by atoms with van der Waals surface area (Å²) < 4.78 is 6.36. The summed E-state index contributed by atoms with van der Waals surface area (Å²) in [5, 5.41) is 3.52. The summed E-state index contributed by atoms with van der Waals surface area (Å²) in [6, 6.07) is 0.429. The van der Waals surface area contributed by atoms with Gasteiger partial charge in [0, 0.05) is 18.5 Å². The molecule has 0 aliphatic carbocycles. The van der Waals surface area contributed by atoms with E-state index >= 15 is 0 Å². The van der Waals surface area contributed by atoms with Crippen LogP contribution < -0.4 is 5.32 Å². The van der Waals surface area contributed by atoms with E-state index in [1.54, 1.807) is 0 Å². The lowest BCUT2D eigenvalue weighted by atomic mass is 9.82. The summed E-state index contributed by atoms with van der Waals surface area (Å²) >= 11 is 0. The van der Waals surface area contributed by atoms with Crippen LogP contribution in [-0.2, 0) is 4.74 Å². The minimum absolute atomic E-state index is 0.0465. The van der Waals surface area contributed by atoms with Crippen LogP contribution in [0.25, 0.3) is 0 Å². The molecule has 2 heterocycles. The number of nitrogens with one attached hydrogen (secondary N) is 1. The van der Waals surface area contributed by atoms with Crippen molar-refractivity contribution in [1.29, 1.82) is 0 Å². The van der Waals surface area contributed by atoms with Gasteiger partial charge in [0.25, 0.3) is 0 Å². The summed E-state index contributed by atoms with van der Waals surface area (Å²) in [5.74, 6) is 1.44. The molecule has 3 heteroatoms. The predicted molar refractivity (Wildman–Crippen MR) is 85.0 cm³/mol. The highest BCUT2D eigenvalue weighted by atomic mass is 16.5. The topological polar surface area (TPSA) is 24.5 Å². The van der Waals surface area contributed by atoms with E-state index in [0.29, 0.717) is 12.0 Å². The second kappa shape index (κ2) is 5.94. The van der Waals surface area contributed by atoms with Crippen LogP contribution in [0.5, 0.6) is 0 Å². The minimum atomic E-state index is -0.0813. The fourth-order valence-electron chi connectivity index (χ4n) is 4.36. The Morgan fingerprint density at radius 3 is 2.45 bits per heavy atom. The molecular weight excluding hydrogens is 248 g/mol. The number of ether oxygens (including phenoxy) is 1. The Balaban J connectivity index is 2.06. The second-order valence-corrected chi connectivity index (χ2v) is 8.02. The summed E-state index contributed by atoms with van der Waals surface area (Å²) in [5.41, 5.74) is -0.128. The van der Waals surface area contributed by atoms with E-state index in [0.717, 1.165) is 12.5 Å². The van der Waals surface area contributed by atoms with Gasteiger partial charge in [-0.05, 0) is 73.0 Å². The standard InChI is InChI=1S/C17H34N2O/c1-13-8-7-10-19(11-9-13)12-14-15(18-6)17(4,5)20-16(14,2)3/h13-15,18H,7-12H2,1-6H3. The molecule has 3 atom stereocenters. The molecular formula is C17H34N2O. The Kier molecular flexibility index (Phi) is 4.83. The van der Waals surface area contributed by atoms with E-state index in [2.05, 4.69) is 51.9 Å². The third-order valence-electron chi connectivity index (χ3n) is 5.45. The fourth-order valence-corrected chi connectivity index (χ4v) is 4.36. The van der Waals surface area contributed by atoms with Crippen molar-refractivity contribution in [3.63, 3.8) is 0 Å². The number of rotatable bonds is 3. The zero-order valence-electron chi connectivity index (χ0n) is 14.3. The molecule has 2 saturated heterocycles. The van der Waals surface area contributed by atoms with Crippen LogP contribution in [0.4, 0.5) is 0 Å². The van der Waals surface area contributed by atoms with Gasteiger partial charge < -0.3 is 15.0 Å². The van der Waals surface area contributed by atoms with Crippen LogP contribution in [-0.4, -0.2) is 48.8 Å². The van der Waals surface area contributed by atoms with Crippen LogP contribution in [0.3, 0.4) is 0 Å². The SMILES string of the molecule is CNC1C(CN2CCCC(C)CC2)C(C)(C)OC1(C)C. The first-order chi connectivity index (χ1) is 9.26. The average Bonchev–Trinajstić information content (AvgIpc) is 2.45. The molecule has 0 aromatic heterocycles. The van der Waals surface area contributed by atoms with Crippen LogP contribution >= 0.6 is 0 Å². The highest BCUT2D eigenvalue weighted by molar-refractivity contribution is 5.05. The van der Waals surface area contributed by atoms with Gasteiger partial charge in [-0.2, -0.15) is 0 Å². The maximum absolute atomic E-state index is 6.36. The van der Waals surface area contributed by atoms with Crippen molar-refractivity contribution in [1.82, 2.24) is 10.2 Å². The Bertz CT molecular complexity index is 327. The largest absolute Gasteiger partial charge is 0.368 e. The van der Waals surface area contributed by atoms with Gasteiger partial charge in [0.15, 0.2) is 0 Å². The molecule has 2 aliphatic rings. The molecule has 0 amide bonds. The smallest absolute Gasteiger partial charge is 0.0790 e. The lowest BCUT2D eigenvalue weighted by Gasteiger charge is -2.34. The predicted octanol–water partition coefficient (Wildman–Crippen LogP) is 2.90. The Hall–Kier alpha value is -0.120.